The molecule has 1 N–H and O–H groups in total. The van der Waals surface area contributed by atoms with E-state index < -0.39 is 10.0 Å². The van der Waals surface area contributed by atoms with E-state index in [4.69, 9.17) is 4.74 Å². The second-order valence-electron chi connectivity index (χ2n) is 10.6. The molecule has 1 fully saturated rings. The summed E-state index contributed by atoms with van der Waals surface area (Å²) in [6.07, 6.45) is 6.96. The summed E-state index contributed by atoms with van der Waals surface area (Å²) in [6, 6.07) is 11.9. The highest BCUT2D eigenvalue weighted by Crippen LogP contribution is 2.41. The molecule has 2 aliphatic heterocycles. The first kappa shape index (κ1) is 25.8. The van der Waals surface area contributed by atoms with Gasteiger partial charge < -0.3 is 15.0 Å². The maximum atomic E-state index is 13.5. The number of nitrogens with zero attached hydrogens (tertiary/aromatic N) is 2. The summed E-state index contributed by atoms with van der Waals surface area (Å²) in [7, 11) is -1.78. The lowest BCUT2D eigenvalue weighted by Gasteiger charge is -2.32. The molecule has 2 aromatic carbocycles. The van der Waals surface area contributed by atoms with Crippen molar-refractivity contribution in [2.75, 3.05) is 50.1 Å². The van der Waals surface area contributed by atoms with E-state index in [-0.39, 0.29) is 11.8 Å². The molecule has 3 aliphatic rings. The number of sulfonamides is 1. The summed E-state index contributed by atoms with van der Waals surface area (Å²) >= 11 is 1.48. The number of thiophene rings is 1. The molecule has 38 heavy (non-hydrogen) atoms. The zero-order valence-corrected chi connectivity index (χ0v) is 23.5. The van der Waals surface area contributed by atoms with Crippen LogP contribution in [0.4, 0.5) is 11.4 Å². The summed E-state index contributed by atoms with van der Waals surface area (Å²) in [5, 5.41) is 5.63. The number of anilines is 2. The standard InChI is InChI=1S/C29H35N3O4S2/c1-36-16-6-15-32-25-13-12-24(22-9-4-10-23(28(22)25)29(32)33)30-18-20-7-5-14-31(19-20)38(34,35)27-17-21-8-2-3-11-26(21)37-27/h4,9-10,12-13,17,20,30H,2-3,5-8,11,14-16,18-19H2,1H3. The van der Waals surface area contributed by atoms with Crippen LogP contribution >= 0.6 is 11.3 Å². The number of piperidine rings is 1. The number of rotatable bonds is 9. The maximum absolute atomic E-state index is 13.5. The van der Waals surface area contributed by atoms with Crippen molar-refractivity contribution in [2.45, 2.75) is 49.2 Å². The minimum Gasteiger partial charge on any atom is -0.385 e. The van der Waals surface area contributed by atoms with Gasteiger partial charge >= 0.3 is 0 Å². The van der Waals surface area contributed by atoms with Crippen LogP contribution in [0.15, 0.2) is 40.6 Å². The van der Waals surface area contributed by atoms with E-state index in [0.717, 1.165) is 72.7 Å². The Morgan fingerprint density at radius 3 is 2.84 bits per heavy atom. The van der Waals surface area contributed by atoms with Gasteiger partial charge in [0.1, 0.15) is 4.21 Å². The molecule has 6 rings (SSSR count). The van der Waals surface area contributed by atoms with Gasteiger partial charge in [-0.3, -0.25) is 4.79 Å². The van der Waals surface area contributed by atoms with Crippen LogP contribution in [0.1, 0.15) is 52.9 Å². The Labute approximate surface area is 228 Å². The predicted molar refractivity (Wildman–Crippen MR) is 153 cm³/mol. The molecule has 3 heterocycles. The van der Waals surface area contributed by atoms with Crippen molar-refractivity contribution in [3.63, 3.8) is 0 Å². The molecule has 1 unspecified atom stereocenters. The zero-order chi connectivity index (χ0) is 26.3. The third-order valence-corrected chi connectivity index (χ3v) is 11.7. The lowest BCUT2D eigenvalue weighted by molar-refractivity contribution is 0.0990. The molecule has 1 amide bonds. The predicted octanol–water partition coefficient (Wildman–Crippen LogP) is 5.29. The van der Waals surface area contributed by atoms with Gasteiger partial charge in [-0.1, -0.05) is 12.1 Å². The van der Waals surface area contributed by atoms with Gasteiger partial charge in [0.15, 0.2) is 0 Å². The van der Waals surface area contributed by atoms with Crippen molar-refractivity contribution >= 4 is 49.4 Å². The Kier molecular flexibility index (Phi) is 7.20. The van der Waals surface area contributed by atoms with Gasteiger partial charge in [-0.25, -0.2) is 8.42 Å². The summed E-state index contributed by atoms with van der Waals surface area (Å²) in [5.74, 6) is 0.269. The van der Waals surface area contributed by atoms with E-state index in [1.165, 1.54) is 21.8 Å². The smallest absolute Gasteiger partial charge is 0.258 e. The highest BCUT2D eigenvalue weighted by Gasteiger charge is 2.33. The quantitative estimate of drug-likeness (QED) is 0.365. The molecule has 9 heteroatoms. The number of hydrogen-bond donors (Lipinski definition) is 1. The van der Waals surface area contributed by atoms with Crippen LogP contribution in [0.2, 0.25) is 0 Å². The number of hydrogen-bond acceptors (Lipinski definition) is 6. The molecule has 0 radical (unpaired) electrons. The Balaban J connectivity index is 1.17. The number of carbonyl (C=O) groups excluding carboxylic acids is 1. The molecule has 1 aliphatic carbocycles. The average molecular weight is 554 g/mol. The van der Waals surface area contributed by atoms with E-state index in [0.29, 0.717) is 37.0 Å². The lowest BCUT2D eigenvalue weighted by atomic mass is 9.99. The van der Waals surface area contributed by atoms with Crippen LogP contribution in [-0.2, 0) is 27.6 Å². The van der Waals surface area contributed by atoms with Gasteiger partial charge in [0, 0.05) is 66.8 Å². The molecule has 0 bridgehead atoms. The van der Waals surface area contributed by atoms with Crippen molar-refractivity contribution in [1.29, 1.82) is 0 Å². The summed E-state index contributed by atoms with van der Waals surface area (Å²) in [6.45, 7) is 3.06. The number of nitrogens with one attached hydrogen (secondary N) is 1. The van der Waals surface area contributed by atoms with E-state index in [2.05, 4.69) is 17.4 Å². The molecule has 0 saturated carbocycles. The normalized spacial score (nSPS) is 19.8. The molecular formula is C29H35N3O4S2. The van der Waals surface area contributed by atoms with E-state index >= 15 is 0 Å². The zero-order valence-electron chi connectivity index (χ0n) is 21.9. The van der Waals surface area contributed by atoms with Gasteiger partial charge in [-0.2, -0.15) is 4.31 Å². The molecule has 1 aromatic heterocycles. The average Bonchev–Trinajstić information content (AvgIpc) is 3.50. The Hall–Kier alpha value is -2.46. The fourth-order valence-electron chi connectivity index (χ4n) is 6.17. The van der Waals surface area contributed by atoms with Crippen molar-refractivity contribution in [3.8, 4) is 0 Å². The monoisotopic (exact) mass is 553 g/mol. The number of aryl methyl sites for hydroxylation is 2. The van der Waals surface area contributed by atoms with Gasteiger partial charge in [0.25, 0.3) is 15.9 Å². The number of methoxy groups -OCH3 is 1. The summed E-state index contributed by atoms with van der Waals surface area (Å²) in [4.78, 5) is 16.2. The molecule has 1 saturated heterocycles. The fourth-order valence-corrected chi connectivity index (χ4v) is 9.52. The second-order valence-corrected chi connectivity index (χ2v) is 13.9. The Bertz CT molecular complexity index is 1440. The van der Waals surface area contributed by atoms with Crippen LogP contribution in [0, 0.1) is 5.92 Å². The minimum atomic E-state index is -3.46. The Morgan fingerprint density at radius 1 is 1.13 bits per heavy atom. The van der Waals surface area contributed by atoms with Crippen molar-refractivity contribution in [1.82, 2.24) is 4.31 Å². The summed E-state index contributed by atoms with van der Waals surface area (Å²) in [5.41, 5.74) is 3.92. The second kappa shape index (κ2) is 10.6. The minimum absolute atomic E-state index is 0.0437. The highest BCUT2D eigenvalue weighted by atomic mass is 32.2. The topological polar surface area (TPSA) is 79.0 Å². The molecule has 1 atom stereocenters. The van der Waals surface area contributed by atoms with Crippen molar-refractivity contribution in [3.05, 3.63) is 52.4 Å². The number of carbonyl (C=O) groups is 1. The van der Waals surface area contributed by atoms with Crippen LogP contribution in [0.25, 0.3) is 10.8 Å². The van der Waals surface area contributed by atoms with Crippen LogP contribution in [-0.4, -0.2) is 58.5 Å². The van der Waals surface area contributed by atoms with Crippen LogP contribution in [0.5, 0.6) is 0 Å². The largest absolute Gasteiger partial charge is 0.385 e. The SMILES string of the molecule is COCCCN1C(=O)c2cccc3c(NCC4CCCN(S(=O)(=O)c5cc6c(s5)CCCC6)C4)ccc1c23. The number of fused-ring (bicyclic) bond motifs is 1. The molecule has 7 nitrogen and oxygen atoms in total. The van der Waals surface area contributed by atoms with Gasteiger partial charge in [-0.15, -0.1) is 11.3 Å². The van der Waals surface area contributed by atoms with Gasteiger partial charge in [0.2, 0.25) is 0 Å². The van der Waals surface area contributed by atoms with Gasteiger partial charge in [0.05, 0.1) is 5.69 Å². The Morgan fingerprint density at radius 2 is 2.00 bits per heavy atom. The number of benzene rings is 2. The van der Waals surface area contributed by atoms with E-state index in [9.17, 15) is 13.2 Å². The van der Waals surface area contributed by atoms with Crippen molar-refractivity contribution in [2.24, 2.45) is 5.92 Å². The first-order valence-electron chi connectivity index (χ1n) is 13.7. The lowest BCUT2D eigenvalue weighted by Crippen LogP contribution is -2.41. The summed E-state index contributed by atoms with van der Waals surface area (Å²) < 4.78 is 34.4. The number of amides is 1. The highest BCUT2D eigenvalue weighted by molar-refractivity contribution is 7.91. The molecule has 0 spiro atoms. The maximum Gasteiger partial charge on any atom is 0.258 e. The van der Waals surface area contributed by atoms with Crippen LogP contribution < -0.4 is 10.2 Å². The first-order chi connectivity index (χ1) is 18.5. The van der Waals surface area contributed by atoms with Crippen LogP contribution in [0.3, 0.4) is 0 Å². The third kappa shape index (κ3) is 4.63. The third-order valence-electron chi connectivity index (χ3n) is 8.15. The van der Waals surface area contributed by atoms with E-state index in [1.807, 2.05) is 29.2 Å². The number of ether oxygens (including phenoxy) is 1. The fraction of sp³-hybridized carbons (Fsp3) is 0.483. The first-order valence-corrected chi connectivity index (χ1v) is 15.9. The van der Waals surface area contributed by atoms with Crippen molar-refractivity contribution < 1.29 is 17.9 Å². The molecule has 202 valence electrons. The van der Waals surface area contributed by atoms with Gasteiger partial charge in [-0.05, 0) is 80.7 Å². The molecule has 3 aromatic rings. The van der Waals surface area contributed by atoms with E-state index in [1.54, 1.807) is 11.4 Å². The molecular weight excluding hydrogens is 518 g/mol.